The molecular weight excluding hydrogens is 162 g/mol. The summed E-state index contributed by atoms with van der Waals surface area (Å²) in [6.07, 6.45) is 0. The largest absolute Gasteiger partial charge is 0.0838 e. The van der Waals surface area contributed by atoms with Crippen LogP contribution in [0.15, 0.2) is 23.3 Å². The summed E-state index contributed by atoms with van der Waals surface area (Å²) in [6.45, 7) is 1.92. The Morgan fingerprint density at radius 2 is 2.27 bits per heavy atom. The highest BCUT2D eigenvalue weighted by atomic mass is 35.5. The van der Waals surface area contributed by atoms with Crippen molar-refractivity contribution in [2.24, 2.45) is 5.11 Å². The quantitative estimate of drug-likeness (QED) is 0.349. The average molecular weight is 168 g/mol. The summed E-state index contributed by atoms with van der Waals surface area (Å²) in [5.74, 6) is 0. The van der Waals surface area contributed by atoms with Gasteiger partial charge in [0.2, 0.25) is 0 Å². The Kier molecular flexibility index (Phi) is 2.36. The van der Waals surface area contributed by atoms with Crippen LogP contribution < -0.4 is 0 Å². The highest BCUT2D eigenvalue weighted by Gasteiger charge is 1.95. The van der Waals surface area contributed by atoms with Crippen LogP contribution >= 0.6 is 11.6 Å². The average Bonchev–Trinajstić information content (AvgIpc) is 1.95. The molecule has 1 rings (SSSR count). The summed E-state index contributed by atoms with van der Waals surface area (Å²) in [5, 5.41) is 3.88. The Balaban J connectivity index is 3.19. The second kappa shape index (κ2) is 3.28. The van der Waals surface area contributed by atoms with Gasteiger partial charge in [-0.3, -0.25) is 0 Å². The van der Waals surface area contributed by atoms with Gasteiger partial charge in [0.05, 0.1) is 10.7 Å². The third-order valence-electron chi connectivity index (χ3n) is 1.26. The highest BCUT2D eigenvalue weighted by molar-refractivity contribution is 6.33. The van der Waals surface area contributed by atoms with Gasteiger partial charge in [-0.25, -0.2) is 0 Å². The summed E-state index contributed by atoms with van der Waals surface area (Å²) in [6, 6.07) is 5.29. The van der Waals surface area contributed by atoms with E-state index < -0.39 is 0 Å². The second-order valence-electron chi connectivity index (χ2n) is 2.14. The zero-order chi connectivity index (χ0) is 8.27. The van der Waals surface area contributed by atoms with Gasteiger partial charge in [0.1, 0.15) is 0 Å². The molecule has 0 spiro atoms. The predicted molar refractivity (Wildman–Crippen MR) is 45.0 cm³/mol. The molecule has 1 aromatic rings. The van der Waals surface area contributed by atoms with E-state index >= 15 is 0 Å². The van der Waals surface area contributed by atoms with Crippen LogP contribution in [0.2, 0.25) is 5.02 Å². The van der Waals surface area contributed by atoms with Crippen molar-refractivity contribution in [3.63, 3.8) is 0 Å². The first-order valence-electron chi connectivity index (χ1n) is 3.05. The molecule has 0 fully saturated rings. The number of benzene rings is 1. The van der Waals surface area contributed by atoms with Crippen molar-refractivity contribution >= 4 is 17.3 Å². The van der Waals surface area contributed by atoms with Crippen molar-refractivity contribution in [2.75, 3.05) is 0 Å². The van der Waals surface area contributed by atoms with Crippen LogP contribution in [-0.2, 0) is 0 Å². The molecule has 0 saturated heterocycles. The summed E-state index contributed by atoms with van der Waals surface area (Å²) in [5.41, 5.74) is 9.63. The van der Waals surface area contributed by atoms with Gasteiger partial charge in [0, 0.05) is 4.91 Å². The van der Waals surface area contributed by atoms with Crippen LogP contribution in [0, 0.1) is 6.92 Å². The van der Waals surface area contributed by atoms with Gasteiger partial charge in [-0.15, -0.1) is 0 Å². The lowest BCUT2D eigenvalue weighted by molar-refractivity contribution is 1.42. The lowest BCUT2D eigenvalue weighted by Crippen LogP contribution is -1.70. The molecule has 0 unspecified atom stereocenters. The van der Waals surface area contributed by atoms with Crippen LogP contribution in [0.25, 0.3) is 10.4 Å². The molecular formula is C7H6ClN3. The second-order valence-corrected chi connectivity index (χ2v) is 2.55. The van der Waals surface area contributed by atoms with Crippen molar-refractivity contribution in [3.05, 3.63) is 39.2 Å². The lowest BCUT2D eigenvalue weighted by atomic mass is 10.2. The number of rotatable bonds is 1. The minimum atomic E-state index is 0.472. The number of aryl methyl sites for hydroxylation is 1. The first kappa shape index (κ1) is 7.92. The number of azide groups is 1. The van der Waals surface area contributed by atoms with Crippen molar-refractivity contribution in [1.82, 2.24) is 0 Å². The van der Waals surface area contributed by atoms with Crippen LogP contribution in [0.3, 0.4) is 0 Å². The third-order valence-corrected chi connectivity index (χ3v) is 1.56. The SMILES string of the molecule is Cc1ccc(N=[N+]=[N-])c(Cl)c1. The van der Waals surface area contributed by atoms with Crippen molar-refractivity contribution < 1.29 is 0 Å². The Bertz CT molecular complexity index is 315. The minimum absolute atomic E-state index is 0.472. The van der Waals surface area contributed by atoms with E-state index in [1.807, 2.05) is 13.0 Å². The molecule has 0 saturated carbocycles. The van der Waals surface area contributed by atoms with E-state index in [-0.39, 0.29) is 0 Å². The molecule has 0 atom stereocenters. The van der Waals surface area contributed by atoms with Crippen molar-refractivity contribution in [3.8, 4) is 0 Å². The van der Waals surface area contributed by atoms with Crippen LogP contribution in [0.5, 0.6) is 0 Å². The maximum atomic E-state index is 8.11. The summed E-state index contributed by atoms with van der Waals surface area (Å²) >= 11 is 5.74. The molecule has 56 valence electrons. The summed E-state index contributed by atoms with van der Waals surface area (Å²) in [7, 11) is 0. The van der Waals surface area contributed by atoms with E-state index in [2.05, 4.69) is 10.0 Å². The van der Waals surface area contributed by atoms with E-state index in [0.29, 0.717) is 10.7 Å². The number of hydrogen-bond donors (Lipinski definition) is 0. The van der Waals surface area contributed by atoms with Gasteiger partial charge in [0.25, 0.3) is 0 Å². The molecule has 0 aliphatic rings. The van der Waals surface area contributed by atoms with Gasteiger partial charge in [-0.2, -0.15) is 0 Å². The molecule has 0 amide bonds. The van der Waals surface area contributed by atoms with E-state index in [1.54, 1.807) is 12.1 Å². The fraction of sp³-hybridized carbons (Fsp3) is 0.143. The maximum Gasteiger partial charge on any atom is 0.0561 e. The van der Waals surface area contributed by atoms with Crippen molar-refractivity contribution in [2.45, 2.75) is 6.92 Å². The Morgan fingerprint density at radius 1 is 1.55 bits per heavy atom. The molecule has 4 heteroatoms. The number of hydrogen-bond acceptors (Lipinski definition) is 1. The Morgan fingerprint density at radius 3 is 2.82 bits per heavy atom. The molecule has 0 aliphatic carbocycles. The van der Waals surface area contributed by atoms with Crippen LogP contribution in [0.4, 0.5) is 5.69 Å². The monoisotopic (exact) mass is 167 g/mol. The van der Waals surface area contributed by atoms with Gasteiger partial charge < -0.3 is 0 Å². The first-order chi connectivity index (χ1) is 5.24. The van der Waals surface area contributed by atoms with Crippen molar-refractivity contribution in [1.29, 1.82) is 0 Å². The molecule has 0 heterocycles. The van der Waals surface area contributed by atoms with E-state index in [4.69, 9.17) is 17.1 Å². The minimum Gasteiger partial charge on any atom is -0.0838 e. The van der Waals surface area contributed by atoms with E-state index in [1.165, 1.54) is 0 Å². The lowest BCUT2D eigenvalue weighted by Gasteiger charge is -1.96. The smallest absolute Gasteiger partial charge is 0.0561 e. The standard InChI is InChI=1S/C7H6ClN3/c1-5-2-3-7(10-11-9)6(8)4-5/h2-4H,1H3. The molecule has 0 aromatic heterocycles. The Hall–Kier alpha value is -1.18. The summed E-state index contributed by atoms with van der Waals surface area (Å²) in [4.78, 5) is 2.64. The highest BCUT2D eigenvalue weighted by Crippen LogP contribution is 2.25. The zero-order valence-electron chi connectivity index (χ0n) is 5.95. The third kappa shape index (κ3) is 1.87. The number of halogens is 1. The molecule has 0 N–H and O–H groups in total. The van der Waals surface area contributed by atoms with Gasteiger partial charge in [-0.1, -0.05) is 28.8 Å². The fourth-order valence-corrected chi connectivity index (χ4v) is 1.01. The maximum absolute atomic E-state index is 8.11. The molecule has 3 nitrogen and oxygen atoms in total. The van der Waals surface area contributed by atoms with E-state index in [9.17, 15) is 0 Å². The molecule has 0 bridgehead atoms. The molecule has 0 aliphatic heterocycles. The molecule has 11 heavy (non-hydrogen) atoms. The normalized spacial score (nSPS) is 8.91. The van der Waals surface area contributed by atoms with E-state index in [0.717, 1.165) is 5.56 Å². The summed E-state index contributed by atoms with van der Waals surface area (Å²) < 4.78 is 0. The Labute approximate surface area is 69.2 Å². The molecule has 0 radical (unpaired) electrons. The van der Waals surface area contributed by atoms with Gasteiger partial charge in [0.15, 0.2) is 0 Å². The van der Waals surface area contributed by atoms with Gasteiger partial charge in [-0.05, 0) is 24.1 Å². The van der Waals surface area contributed by atoms with Gasteiger partial charge >= 0.3 is 0 Å². The zero-order valence-corrected chi connectivity index (χ0v) is 6.71. The van der Waals surface area contributed by atoms with Crippen LogP contribution in [-0.4, -0.2) is 0 Å². The van der Waals surface area contributed by atoms with Crippen LogP contribution in [0.1, 0.15) is 5.56 Å². The number of nitrogens with zero attached hydrogens (tertiary/aromatic N) is 3. The molecule has 1 aromatic carbocycles. The first-order valence-corrected chi connectivity index (χ1v) is 3.43. The fourth-order valence-electron chi connectivity index (χ4n) is 0.741. The topological polar surface area (TPSA) is 48.8 Å². The predicted octanol–water partition coefficient (Wildman–Crippen LogP) is 3.59.